The summed E-state index contributed by atoms with van der Waals surface area (Å²) in [4.78, 5) is 26.1. The first-order valence-electron chi connectivity index (χ1n) is 7.53. The Bertz CT molecular complexity index is 956. The summed E-state index contributed by atoms with van der Waals surface area (Å²) in [5.41, 5.74) is 0.534. The Balaban J connectivity index is 2.14. The molecule has 1 aliphatic heterocycles. The monoisotopic (exact) mass is 524 g/mol. The zero-order valence-electron chi connectivity index (χ0n) is 13.3. The number of nitrogens with one attached hydrogen (secondary N) is 1. The number of halogens is 6. The summed E-state index contributed by atoms with van der Waals surface area (Å²) < 4.78 is 39.7. The first kappa shape index (κ1) is 20.2. The van der Waals surface area contributed by atoms with Gasteiger partial charge in [0, 0.05) is 10.0 Å². The number of fused-ring (bicyclic) bond motifs is 1. The van der Waals surface area contributed by atoms with Crippen LogP contribution in [0.2, 0.25) is 5.02 Å². The van der Waals surface area contributed by atoms with Crippen molar-refractivity contribution in [1.82, 2.24) is 0 Å². The maximum Gasteiger partial charge on any atom is 0.255 e. The van der Waals surface area contributed by atoms with Crippen LogP contribution in [0.4, 0.5) is 24.5 Å². The standard InChI is InChI=1S/C17H10Br2ClF3N2O2/c18-9-4-11-16(24-13(26)6-25(11)5-12(22)23)15(19)14(9)17(27)8-3-7(21)1-2-10(8)20/h1-4,12H,5-6H2,(H,24,26). The summed E-state index contributed by atoms with van der Waals surface area (Å²) in [5.74, 6) is -1.72. The molecule has 1 N–H and O–H groups in total. The lowest BCUT2D eigenvalue weighted by atomic mass is 10.0. The summed E-state index contributed by atoms with van der Waals surface area (Å²) in [5, 5.41) is 2.64. The van der Waals surface area contributed by atoms with E-state index in [1.54, 1.807) is 0 Å². The Morgan fingerprint density at radius 1 is 1.30 bits per heavy atom. The minimum absolute atomic E-state index is 0.0567. The number of nitrogens with zero attached hydrogens (tertiary/aromatic N) is 1. The van der Waals surface area contributed by atoms with Crippen LogP contribution >= 0.6 is 43.5 Å². The molecule has 1 heterocycles. The van der Waals surface area contributed by atoms with Crippen molar-refractivity contribution >= 4 is 66.5 Å². The van der Waals surface area contributed by atoms with Gasteiger partial charge in [-0.3, -0.25) is 9.59 Å². The Morgan fingerprint density at radius 2 is 2.00 bits per heavy atom. The highest BCUT2D eigenvalue weighted by Crippen LogP contribution is 2.43. The molecule has 2 aromatic carbocycles. The third-order valence-electron chi connectivity index (χ3n) is 3.90. The molecule has 0 aromatic heterocycles. The minimum Gasteiger partial charge on any atom is -0.355 e. The van der Waals surface area contributed by atoms with Gasteiger partial charge in [-0.1, -0.05) is 11.6 Å². The molecule has 0 fully saturated rings. The third-order valence-corrected chi connectivity index (χ3v) is 5.64. The third kappa shape index (κ3) is 4.00. The number of rotatable bonds is 4. The number of hydrogen-bond donors (Lipinski definition) is 1. The molecule has 4 nitrogen and oxygen atoms in total. The lowest BCUT2D eigenvalue weighted by Crippen LogP contribution is -2.41. The maximum atomic E-state index is 13.6. The van der Waals surface area contributed by atoms with E-state index >= 15 is 0 Å². The number of anilines is 2. The van der Waals surface area contributed by atoms with E-state index in [0.29, 0.717) is 5.69 Å². The maximum absolute atomic E-state index is 13.6. The minimum atomic E-state index is -2.64. The molecule has 0 saturated carbocycles. The van der Waals surface area contributed by atoms with Crippen LogP contribution in [0.25, 0.3) is 0 Å². The highest BCUT2D eigenvalue weighted by molar-refractivity contribution is 9.11. The summed E-state index contributed by atoms with van der Waals surface area (Å²) in [6, 6.07) is 4.85. The molecular weight excluding hydrogens is 516 g/mol. The van der Waals surface area contributed by atoms with E-state index in [-0.39, 0.29) is 37.3 Å². The van der Waals surface area contributed by atoms with Crippen molar-refractivity contribution in [3.8, 4) is 0 Å². The van der Waals surface area contributed by atoms with Gasteiger partial charge < -0.3 is 10.2 Å². The van der Waals surface area contributed by atoms with E-state index in [9.17, 15) is 22.8 Å². The average molecular weight is 527 g/mol. The van der Waals surface area contributed by atoms with E-state index in [1.807, 2.05) is 0 Å². The zero-order chi connectivity index (χ0) is 19.9. The smallest absolute Gasteiger partial charge is 0.255 e. The molecule has 1 amide bonds. The Labute approximate surface area is 173 Å². The first-order chi connectivity index (χ1) is 12.7. The van der Waals surface area contributed by atoms with Crippen molar-refractivity contribution in [3.63, 3.8) is 0 Å². The van der Waals surface area contributed by atoms with Gasteiger partial charge >= 0.3 is 0 Å². The van der Waals surface area contributed by atoms with E-state index in [4.69, 9.17) is 11.6 Å². The van der Waals surface area contributed by atoms with Crippen LogP contribution in [-0.4, -0.2) is 31.2 Å². The molecule has 0 aliphatic carbocycles. The lowest BCUT2D eigenvalue weighted by molar-refractivity contribution is -0.115. The molecule has 0 unspecified atom stereocenters. The zero-order valence-corrected chi connectivity index (χ0v) is 17.3. The van der Waals surface area contributed by atoms with Gasteiger partial charge in [0.25, 0.3) is 6.43 Å². The van der Waals surface area contributed by atoms with Gasteiger partial charge in [-0.25, -0.2) is 13.2 Å². The first-order valence-corrected chi connectivity index (χ1v) is 9.50. The van der Waals surface area contributed by atoms with Gasteiger partial charge in [0.05, 0.1) is 39.5 Å². The molecule has 142 valence electrons. The number of hydrogen-bond acceptors (Lipinski definition) is 3. The predicted molar refractivity (Wildman–Crippen MR) is 104 cm³/mol. The van der Waals surface area contributed by atoms with Crippen molar-refractivity contribution in [2.45, 2.75) is 6.43 Å². The molecule has 0 atom stereocenters. The number of ketones is 1. The van der Waals surface area contributed by atoms with Gasteiger partial charge in [0.15, 0.2) is 5.78 Å². The molecule has 27 heavy (non-hydrogen) atoms. The number of carbonyl (C=O) groups is 2. The summed E-state index contributed by atoms with van der Waals surface area (Å²) in [6.07, 6.45) is -2.64. The number of carbonyl (C=O) groups excluding carboxylic acids is 2. The summed E-state index contributed by atoms with van der Waals surface area (Å²) >= 11 is 12.5. The number of alkyl halides is 2. The van der Waals surface area contributed by atoms with Gasteiger partial charge in [0.1, 0.15) is 5.82 Å². The second-order valence-electron chi connectivity index (χ2n) is 5.71. The van der Waals surface area contributed by atoms with Crippen LogP contribution in [0, 0.1) is 5.82 Å². The molecule has 2 aromatic rings. The fraction of sp³-hybridized carbons (Fsp3) is 0.176. The lowest BCUT2D eigenvalue weighted by Gasteiger charge is -2.32. The number of amides is 1. The summed E-state index contributed by atoms with van der Waals surface area (Å²) in [6.45, 7) is -0.873. The van der Waals surface area contributed by atoms with Gasteiger partial charge in [-0.2, -0.15) is 0 Å². The van der Waals surface area contributed by atoms with E-state index < -0.39 is 30.5 Å². The van der Waals surface area contributed by atoms with E-state index in [1.165, 1.54) is 17.0 Å². The van der Waals surface area contributed by atoms with Gasteiger partial charge in [-0.05, 0) is 56.1 Å². The van der Waals surface area contributed by atoms with Crippen LogP contribution < -0.4 is 10.2 Å². The largest absolute Gasteiger partial charge is 0.355 e. The fourth-order valence-corrected chi connectivity index (χ4v) is 4.52. The Kier molecular flexibility index (Phi) is 5.83. The molecule has 0 spiro atoms. The van der Waals surface area contributed by atoms with E-state index in [0.717, 1.165) is 12.1 Å². The molecule has 0 radical (unpaired) electrons. The highest BCUT2D eigenvalue weighted by Gasteiger charge is 2.30. The normalized spacial score (nSPS) is 13.6. The van der Waals surface area contributed by atoms with Crippen molar-refractivity contribution in [2.24, 2.45) is 0 Å². The average Bonchev–Trinajstić information content (AvgIpc) is 2.57. The van der Waals surface area contributed by atoms with Crippen LogP contribution in [0.5, 0.6) is 0 Å². The molecule has 1 aliphatic rings. The van der Waals surface area contributed by atoms with Crippen LogP contribution in [-0.2, 0) is 4.79 Å². The molecule has 0 bridgehead atoms. The molecular formula is C17H10Br2ClF3N2O2. The van der Waals surface area contributed by atoms with Crippen LogP contribution in [0.1, 0.15) is 15.9 Å². The topological polar surface area (TPSA) is 49.4 Å². The predicted octanol–water partition coefficient (Wildman–Crippen LogP) is 5.26. The van der Waals surface area contributed by atoms with Crippen LogP contribution in [0.3, 0.4) is 0 Å². The second kappa shape index (κ2) is 7.81. The Hall–Kier alpha value is -1.58. The quantitative estimate of drug-likeness (QED) is 0.554. The van der Waals surface area contributed by atoms with Crippen LogP contribution in [0.15, 0.2) is 33.2 Å². The second-order valence-corrected chi connectivity index (χ2v) is 7.77. The van der Waals surface area contributed by atoms with Crippen molar-refractivity contribution in [3.05, 3.63) is 55.2 Å². The SMILES string of the molecule is O=C1CN(CC(F)F)c2cc(Br)c(C(=O)c3cc(F)ccc3Cl)c(Br)c2N1. The van der Waals surface area contributed by atoms with E-state index in [2.05, 4.69) is 37.2 Å². The van der Waals surface area contributed by atoms with Gasteiger partial charge in [0.2, 0.25) is 5.91 Å². The van der Waals surface area contributed by atoms with Gasteiger partial charge in [-0.15, -0.1) is 0 Å². The summed E-state index contributed by atoms with van der Waals surface area (Å²) in [7, 11) is 0. The molecule has 10 heteroatoms. The Morgan fingerprint density at radius 3 is 2.67 bits per heavy atom. The molecule has 3 rings (SSSR count). The van der Waals surface area contributed by atoms with Crippen molar-refractivity contribution in [2.75, 3.05) is 23.3 Å². The number of benzene rings is 2. The van der Waals surface area contributed by atoms with Crippen molar-refractivity contribution < 1.29 is 22.8 Å². The van der Waals surface area contributed by atoms with Crippen molar-refractivity contribution in [1.29, 1.82) is 0 Å². The fourth-order valence-electron chi connectivity index (χ4n) is 2.76. The molecule has 0 saturated heterocycles. The highest BCUT2D eigenvalue weighted by atomic mass is 79.9.